The van der Waals surface area contributed by atoms with Crippen LogP contribution in [-0.4, -0.2) is 43.1 Å². The van der Waals surface area contributed by atoms with Gasteiger partial charge in [-0.15, -0.1) is 0 Å². The highest BCUT2D eigenvalue weighted by atomic mass is 32.2. The maximum absolute atomic E-state index is 13.2. The summed E-state index contributed by atoms with van der Waals surface area (Å²) in [6.45, 7) is 3.06. The number of benzene rings is 2. The smallest absolute Gasteiger partial charge is 0.206 e. The Morgan fingerprint density at radius 2 is 0.970 bits per heavy atom. The SMILES string of the molecule is CCC(=O)C1C(=O)c2ccc(S(=O)(=O)c3ccc4c(c3)C(=O)C(C(=O)CC)C4=O)cc2C1=O. The monoisotopic (exact) mass is 466 g/mol. The van der Waals surface area contributed by atoms with Crippen LogP contribution < -0.4 is 0 Å². The van der Waals surface area contributed by atoms with E-state index in [1.807, 2.05) is 0 Å². The van der Waals surface area contributed by atoms with Crippen LogP contribution in [0.5, 0.6) is 0 Å². The molecule has 4 rings (SSSR count). The minimum atomic E-state index is -4.25. The van der Waals surface area contributed by atoms with Crippen molar-refractivity contribution < 1.29 is 37.2 Å². The first kappa shape index (κ1) is 22.6. The molecule has 0 spiro atoms. The van der Waals surface area contributed by atoms with Crippen LogP contribution in [-0.2, 0) is 19.4 Å². The Balaban J connectivity index is 1.76. The third-order valence-electron chi connectivity index (χ3n) is 6.05. The predicted molar refractivity (Wildman–Crippen MR) is 113 cm³/mol. The van der Waals surface area contributed by atoms with Gasteiger partial charge in [0.25, 0.3) is 0 Å². The van der Waals surface area contributed by atoms with E-state index in [2.05, 4.69) is 0 Å². The summed E-state index contributed by atoms with van der Waals surface area (Å²) in [5.74, 6) is -6.78. The Labute approximate surface area is 188 Å². The van der Waals surface area contributed by atoms with E-state index in [-0.39, 0.29) is 44.9 Å². The van der Waals surface area contributed by atoms with E-state index in [1.165, 1.54) is 26.0 Å². The van der Waals surface area contributed by atoms with Gasteiger partial charge in [-0.05, 0) is 36.4 Å². The number of Topliss-reactive ketones (excluding diaryl/α,β-unsaturated/α-hetero) is 6. The molecule has 0 bridgehead atoms. The lowest BCUT2D eigenvalue weighted by atomic mass is 9.97. The number of hydrogen-bond acceptors (Lipinski definition) is 8. The van der Waals surface area contributed by atoms with Gasteiger partial charge in [0, 0.05) is 35.1 Å². The second-order valence-corrected chi connectivity index (χ2v) is 9.83. The van der Waals surface area contributed by atoms with E-state index in [9.17, 15) is 37.2 Å². The van der Waals surface area contributed by atoms with Gasteiger partial charge in [0.15, 0.2) is 34.7 Å². The van der Waals surface area contributed by atoms with Gasteiger partial charge in [0.1, 0.15) is 11.8 Å². The molecule has 0 saturated carbocycles. The summed E-state index contributed by atoms with van der Waals surface area (Å²) in [6, 6.07) is 6.81. The largest absolute Gasteiger partial charge is 0.298 e. The van der Waals surface area contributed by atoms with Crippen molar-refractivity contribution in [2.24, 2.45) is 11.8 Å². The summed E-state index contributed by atoms with van der Waals surface area (Å²) in [5, 5.41) is 0. The maximum atomic E-state index is 13.2. The number of carbonyl (C=O) groups excluding carboxylic acids is 6. The molecule has 0 radical (unpaired) electrons. The van der Waals surface area contributed by atoms with E-state index in [1.54, 1.807) is 0 Å². The topological polar surface area (TPSA) is 137 Å². The number of ketones is 6. The Morgan fingerprint density at radius 1 is 0.636 bits per heavy atom. The van der Waals surface area contributed by atoms with Gasteiger partial charge in [-0.2, -0.15) is 0 Å². The fraction of sp³-hybridized carbons (Fsp3) is 0.250. The number of carbonyl (C=O) groups is 6. The molecule has 2 atom stereocenters. The first-order chi connectivity index (χ1) is 15.5. The van der Waals surface area contributed by atoms with E-state index < -0.39 is 56.4 Å². The number of fused-ring (bicyclic) bond motifs is 2. The van der Waals surface area contributed by atoms with E-state index >= 15 is 0 Å². The summed E-state index contributed by atoms with van der Waals surface area (Å²) in [4.78, 5) is 73.6. The molecule has 0 heterocycles. The van der Waals surface area contributed by atoms with E-state index in [0.29, 0.717) is 0 Å². The molecule has 2 aromatic carbocycles. The van der Waals surface area contributed by atoms with Crippen LogP contribution in [0.25, 0.3) is 0 Å². The predicted octanol–water partition coefficient (Wildman–Crippen LogP) is 2.47. The molecule has 0 amide bonds. The number of hydrogen-bond donors (Lipinski definition) is 0. The van der Waals surface area contributed by atoms with Gasteiger partial charge in [-0.3, -0.25) is 28.8 Å². The van der Waals surface area contributed by atoms with Crippen LogP contribution in [0.1, 0.15) is 68.1 Å². The quantitative estimate of drug-likeness (QED) is 0.592. The zero-order chi connectivity index (χ0) is 24.2. The van der Waals surface area contributed by atoms with Crippen LogP contribution in [0.2, 0.25) is 0 Å². The minimum absolute atomic E-state index is 0.00923. The maximum Gasteiger partial charge on any atom is 0.206 e. The normalized spacial score (nSPS) is 19.6. The van der Waals surface area contributed by atoms with Gasteiger partial charge >= 0.3 is 0 Å². The van der Waals surface area contributed by atoms with Crippen molar-refractivity contribution in [2.45, 2.75) is 36.5 Å². The summed E-state index contributed by atoms with van der Waals surface area (Å²) < 4.78 is 26.5. The van der Waals surface area contributed by atoms with Crippen LogP contribution in [0.15, 0.2) is 46.2 Å². The lowest BCUT2D eigenvalue weighted by Crippen LogP contribution is -2.24. The second kappa shape index (κ2) is 7.77. The number of sulfone groups is 1. The van der Waals surface area contributed by atoms with Gasteiger partial charge < -0.3 is 0 Å². The average Bonchev–Trinajstić information content (AvgIpc) is 3.21. The molecule has 33 heavy (non-hydrogen) atoms. The molecule has 0 saturated heterocycles. The molecule has 0 N–H and O–H groups in total. The van der Waals surface area contributed by atoms with Crippen LogP contribution in [0.4, 0.5) is 0 Å². The summed E-state index contributed by atoms with van der Waals surface area (Å²) in [5.41, 5.74) is -0.314. The second-order valence-electron chi connectivity index (χ2n) is 7.88. The van der Waals surface area contributed by atoms with Crippen LogP contribution in [0, 0.1) is 11.8 Å². The molecule has 0 aliphatic heterocycles. The molecular formula is C24H18O8S. The Bertz CT molecular complexity index is 1310. The molecule has 8 nitrogen and oxygen atoms in total. The van der Waals surface area contributed by atoms with Gasteiger partial charge in [-0.1, -0.05) is 13.8 Å². The lowest BCUT2D eigenvalue weighted by Gasteiger charge is -2.07. The van der Waals surface area contributed by atoms with Crippen molar-refractivity contribution in [1.29, 1.82) is 0 Å². The third-order valence-corrected chi connectivity index (χ3v) is 7.80. The van der Waals surface area contributed by atoms with E-state index in [4.69, 9.17) is 0 Å². The highest BCUT2D eigenvalue weighted by Gasteiger charge is 2.44. The van der Waals surface area contributed by atoms with E-state index in [0.717, 1.165) is 24.3 Å². The molecule has 2 aliphatic rings. The zero-order valence-electron chi connectivity index (χ0n) is 17.7. The highest BCUT2D eigenvalue weighted by Crippen LogP contribution is 2.34. The van der Waals surface area contributed by atoms with Crippen molar-refractivity contribution in [3.8, 4) is 0 Å². The lowest BCUT2D eigenvalue weighted by molar-refractivity contribution is -0.120. The van der Waals surface area contributed by atoms with Gasteiger partial charge in [0.2, 0.25) is 9.84 Å². The summed E-state index contributed by atoms with van der Waals surface area (Å²) in [6.07, 6.45) is -0.0185. The highest BCUT2D eigenvalue weighted by molar-refractivity contribution is 7.91. The van der Waals surface area contributed by atoms with Crippen molar-refractivity contribution >= 4 is 44.5 Å². The minimum Gasteiger partial charge on any atom is -0.298 e. The zero-order valence-corrected chi connectivity index (χ0v) is 18.5. The standard InChI is InChI=1S/C24H18O8S/c1-3-17(25)19-21(27)13-7-5-11(9-15(13)23(19)29)33(31,32)12-6-8-14-16(10-12)24(30)20(22(14)28)18(26)4-2/h5-10,19-20H,3-4H2,1-2H3. The molecule has 2 aliphatic carbocycles. The van der Waals surface area contributed by atoms with Gasteiger partial charge in [-0.25, -0.2) is 8.42 Å². The van der Waals surface area contributed by atoms with Crippen LogP contribution in [0.3, 0.4) is 0 Å². The van der Waals surface area contributed by atoms with Crippen molar-refractivity contribution in [2.75, 3.05) is 0 Å². The molecule has 0 aromatic heterocycles. The average molecular weight is 466 g/mol. The van der Waals surface area contributed by atoms with Gasteiger partial charge in [0.05, 0.1) is 9.79 Å². The third kappa shape index (κ3) is 3.22. The molecule has 168 valence electrons. The summed E-state index contributed by atoms with van der Waals surface area (Å²) >= 11 is 0. The number of rotatable bonds is 6. The van der Waals surface area contributed by atoms with Crippen molar-refractivity contribution in [3.63, 3.8) is 0 Å². The molecule has 0 fully saturated rings. The molecular weight excluding hydrogens is 448 g/mol. The van der Waals surface area contributed by atoms with Crippen molar-refractivity contribution in [1.82, 2.24) is 0 Å². The molecule has 2 aromatic rings. The molecule has 9 heteroatoms. The Morgan fingerprint density at radius 3 is 1.30 bits per heavy atom. The first-order valence-electron chi connectivity index (χ1n) is 10.3. The fourth-order valence-corrected chi connectivity index (χ4v) is 5.52. The van der Waals surface area contributed by atoms with Crippen molar-refractivity contribution in [3.05, 3.63) is 58.7 Å². The summed E-state index contributed by atoms with van der Waals surface area (Å²) in [7, 11) is -4.25. The Kier molecular flexibility index (Phi) is 5.32. The Hall–Kier alpha value is -3.59. The van der Waals surface area contributed by atoms with Crippen LogP contribution >= 0.6 is 0 Å². The fourth-order valence-electron chi connectivity index (χ4n) is 4.21. The first-order valence-corrected chi connectivity index (χ1v) is 11.8. The molecule has 2 unspecified atom stereocenters.